The average molecular weight is 385 g/mol. The van der Waals surface area contributed by atoms with Crippen molar-refractivity contribution in [3.05, 3.63) is 34.1 Å². The van der Waals surface area contributed by atoms with Crippen molar-refractivity contribution in [2.24, 2.45) is 0 Å². The number of hydrogen-bond donors (Lipinski definition) is 0. The first-order chi connectivity index (χ1) is 10.2. The molecule has 0 unspecified atom stereocenters. The molecule has 0 bridgehead atoms. The van der Waals surface area contributed by atoms with E-state index in [2.05, 4.69) is 4.98 Å². The van der Waals surface area contributed by atoms with E-state index in [4.69, 9.17) is 23.2 Å². The van der Waals surface area contributed by atoms with Crippen LogP contribution in [0.25, 0.3) is 5.76 Å². The van der Waals surface area contributed by atoms with E-state index >= 15 is 0 Å². The van der Waals surface area contributed by atoms with Crippen LogP contribution in [0.5, 0.6) is 0 Å². The van der Waals surface area contributed by atoms with Gasteiger partial charge in [-0.1, -0.05) is 29.0 Å². The van der Waals surface area contributed by atoms with Gasteiger partial charge in [0, 0.05) is 0 Å². The first-order valence-electron chi connectivity index (χ1n) is 5.29. The van der Waals surface area contributed by atoms with Gasteiger partial charge in [0.25, 0.3) is 0 Å². The lowest BCUT2D eigenvalue weighted by molar-refractivity contribution is -0.323. The molecule has 0 aromatic carbocycles. The summed E-state index contributed by atoms with van der Waals surface area (Å²) in [4.78, 5) is 14.5. The highest BCUT2D eigenvalue weighted by atomic mass is 35.5. The second-order valence-corrected chi connectivity index (χ2v) is 4.80. The van der Waals surface area contributed by atoms with Gasteiger partial charge in [-0.3, -0.25) is 4.79 Å². The molecule has 0 radical (unpaired) electrons. The van der Waals surface area contributed by atoms with Crippen LogP contribution in [0.1, 0.15) is 5.56 Å². The molecular weight excluding hydrogens is 382 g/mol. The minimum absolute atomic E-state index is 0.417. The molecule has 1 rings (SSSR count). The Kier molecular flexibility index (Phi) is 5.22. The lowest BCUT2D eigenvalue weighted by atomic mass is 9.97. The summed E-state index contributed by atoms with van der Waals surface area (Å²) >= 11 is 10.8. The largest absolute Gasteiger partial charge is 0.872 e. The van der Waals surface area contributed by atoms with Crippen LogP contribution in [0.15, 0.2) is 18.2 Å². The molecule has 0 aliphatic carbocycles. The molecule has 0 saturated heterocycles. The van der Waals surface area contributed by atoms with Gasteiger partial charge < -0.3 is 5.11 Å². The Hall–Kier alpha value is -1.55. The second kappa shape index (κ2) is 6.16. The van der Waals surface area contributed by atoms with Gasteiger partial charge in [-0.2, -0.15) is 26.3 Å². The third-order valence-corrected chi connectivity index (χ3v) is 2.82. The Morgan fingerprint density at radius 2 is 1.39 bits per heavy atom. The van der Waals surface area contributed by atoms with E-state index in [1.807, 2.05) is 0 Å². The van der Waals surface area contributed by atoms with Crippen molar-refractivity contribution in [3.8, 4) is 0 Å². The van der Waals surface area contributed by atoms with Crippen LogP contribution < -0.4 is 5.11 Å². The number of aromatic nitrogens is 1. The molecule has 0 aliphatic heterocycles. The van der Waals surface area contributed by atoms with Gasteiger partial charge in [0.2, 0.25) is 5.78 Å². The van der Waals surface area contributed by atoms with Crippen LogP contribution >= 0.6 is 23.2 Å². The van der Waals surface area contributed by atoms with Gasteiger partial charge in [0.1, 0.15) is 10.3 Å². The molecular formula is C11H3Cl2F7NO2-. The number of nitrogens with zero attached hydrogens (tertiary/aromatic N) is 1. The lowest BCUT2D eigenvalue weighted by Gasteiger charge is -2.28. The van der Waals surface area contributed by atoms with Gasteiger partial charge in [-0.15, -0.1) is 0 Å². The van der Waals surface area contributed by atoms with Crippen molar-refractivity contribution in [2.45, 2.75) is 18.0 Å². The molecule has 0 fully saturated rings. The maximum absolute atomic E-state index is 13.4. The molecule has 1 heterocycles. The van der Waals surface area contributed by atoms with E-state index in [9.17, 15) is 40.6 Å². The van der Waals surface area contributed by atoms with E-state index in [1.54, 1.807) is 0 Å². The van der Waals surface area contributed by atoms with Crippen molar-refractivity contribution in [1.82, 2.24) is 4.98 Å². The molecule has 1 aromatic rings. The number of pyridine rings is 1. The van der Waals surface area contributed by atoms with Crippen molar-refractivity contribution in [3.63, 3.8) is 0 Å². The maximum atomic E-state index is 13.4. The Bertz CT molecular complexity index is 621. The zero-order chi connectivity index (χ0) is 18.2. The van der Waals surface area contributed by atoms with Crippen LogP contribution in [0, 0.1) is 0 Å². The minimum atomic E-state index is -6.60. The molecule has 23 heavy (non-hydrogen) atoms. The number of halogens is 9. The van der Waals surface area contributed by atoms with E-state index in [1.165, 1.54) is 0 Å². The molecule has 128 valence electrons. The van der Waals surface area contributed by atoms with Crippen LogP contribution in [-0.4, -0.2) is 28.8 Å². The molecule has 1 aromatic heterocycles. The van der Waals surface area contributed by atoms with Gasteiger partial charge in [0.15, 0.2) is 0 Å². The molecule has 0 amide bonds. The SMILES string of the molecule is O=C(/C=C(\[O-])c1cc(Cl)nc(Cl)c1)C(F)(C(F)(F)F)C(F)(F)F. The molecule has 0 saturated carbocycles. The van der Waals surface area contributed by atoms with Crippen molar-refractivity contribution in [2.75, 3.05) is 0 Å². The van der Waals surface area contributed by atoms with Crippen LogP contribution in [0.4, 0.5) is 30.7 Å². The van der Waals surface area contributed by atoms with Gasteiger partial charge in [-0.25, -0.2) is 9.37 Å². The van der Waals surface area contributed by atoms with E-state index in [0.717, 1.165) is 12.1 Å². The maximum Gasteiger partial charge on any atom is 0.439 e. The first kappa shape index (κ1) is 19.5. The standard InChI is InChI=1S/C11H4Cl2F7NO2/c12-7-1-4(2-8(13)21-7)5(22)3-6(23)9(14,10(15,16)17)11(18,19)20/h1-3,22H/p-1/b5-3-. The Labute approximate surface area is 133 Å². The minimum Gasteiger partial charge on any atom is -0.872 e. The number of hydrogen-bond acceptors (Lipinski definition) is 3. The summed E-state index contributed by atoms with van der Waals surface area (Å²) in [5.41, 5.74) is -6.86. The topological polar surface area (TPSA) is 53.0 Å². The third-order valence-electron chi connectivity index (χ3n) is 2.43. The lowest BCUT2D eigenvalue weighted by Crippen LogP contribution is -2.58. The van der Waals surface area contributed by atoms with Crippen molar-refractivity contribution in [1.29, 1.82) is 0 Å². The summed E-state index contributed by atoms with van der Waals surface area (Å²) in [6.07, 6.45) is -13.9. The summed E-state index contributed by atoms with van der Waals surface area (Å²) in [5, 5.41) is 10.7. The highest BCUT2D eigenvalue weighted by molar-refractivity contribution is 6.32. The van der Waals surface area contributed by atoms with Gasteiger partial charge in [-0.05, 0) is 23.8 Å². The zero-order valence-corrected chi connectivity index (χ0v) is 11.9. The van der Waals surface area contributed by atoms with Gasteiger partial charge >= 0.3 is 18.0 Å². The van der Waals surface area contributed by atoms with E-state index in [0.29, 0.717) is 0 Å². The molecule has 0 atom stereocenters. The highest BCUT2D eigenvalue weighted by Gasteiger charge is 2.76. The van der Waals surface area contributed by atoms with Crippen LogP contribution in [0.3, 0.4) is 0 Å². The number of carbonyl (C=O) groups is 1. The normalized spacial score (nSPS) is 14.0. The number of ketones is 1. The summed E-state index contributed by atoms with van der Waals surface area (Å²) < 4.78 is 87.4. The smallest absolute Gasteiger partial charge is 0.439 e. The molecule has 0 N–H and O–H groups in total. The third kappa shape index (κ3) is 3.86. The van der Waals surface area contributed by atoms with E-state index < -0.39 is 51.5 Å². The highest BCUT2D eigenvalue weighted by Crippen LogP contribution is 2.47. The second-order valence-electron chi connectivity index (χ2n) is 4.03. The average Bonchev–Trinajstić information content (AvgIpc) is 2.33. The van der Waals surface area contributed by atoms with Crippen molar-refractivity contribution >= 4 is 34.7 Å². The monoisotopic (exact) mass is 384 g/mol. The predicted molar refractivity (Wildman–Crippen MR) is 63.2 cm³/mol. The zero-order valence-electron chi connectivity index (χ0n) is 10.4. The summed E-state index contributed by atoms with van der Waals surface area (Å²) in [6, 6.07) is 1.45. The Morgan fingerprint density at radius 3 is 1.74 bits per heavy atom. The number of carbonyl (C=O) groups excluding carboxylic acids is 1. The summed E-state index contributed by atoms with van der Waals surface area (Å²) in [6.45, 7) is 0. The Morgan fingerprint density at radius 1 is 1.00 bits per heavy atom. The summed E-state index contributed by atoms with van der Waals surface area (Å²) in [7, 11) is 0. The molecule has 3 nitrogen and oxygen atoms in total. The fourth-order valence-electron chi connectivity index (χ4n) is 1.35. The fraction of sp³-hybridized carbons (Fsp3) is 0.273. The number of allylic oxidation sites excluding steroid dienone is 1. The summed E-state index contributed by atoms with van der Waals surface area (Å²) in [5.74, 6) is -4.77. The molecule has 12 heteroatoms. The van der Waals surface area contributed by atoms with Crippen LogP contribution in [-0.2, 0) is 4.79 Å². The quantitative estimate of drug-likeness (QED) is 0.347. The number of alkyl halides is 7. The Balaban J connectivity index is 3.36. The molecule has 0 aliphatic rings. The molecule has 0 spiro atoms. The first-order valence-corrected chi connectivity index (χ1v) is 6.04. The van der Waals surface area contributed by atoms with Crippen LogP contribution in [0.2, 0.25) is 10.3 Å². The van der Waals surface area contributed by atoms with Gasteiger partial charge in [0.05, 0.1) is 0 Å². The fourth-order valence-corrected chi connectivity index (χ4v) is 1.81. The van der Waals surface area contributed by atoms with E-state index in [-0.39, 0.29) is 0 Å². The van der Waals surface area contributed by atoms with Crippen molar-refractivity contribution < 1.29 is 40.6 Å². The predicted octanol–water partition coefficient (Wildman–Crippen LogP) is 3.49. The number of rotatable bonds is 3.